The molecular weight excluding hydrogens is 376 g/mol. The van der Waals surface area contributed by atoms with Gasteiger partial charge < -0.3 is 10.2 Å². The van der Waals surface area contributed by atoms with Crippen molar-refractivity contribution in [1.29, 1.82) is 0 Å². The van der Waals surface area contributed by atoms with Gasteiger partial charge >= 0.3 is 11.9 Å². The number of benzene rings is 2. The monoisotopic (exact) mass is 400 g/mol. The molecule has 4 heteroatoms. The fraction of sp³-hybridized carbons (Fsp3) is 0.231. The van der Waals surface area contributed by atoms with Crippen LogP contribution in [0.15, 0.2) is 60.2 Å². The normalized spacial score (nSPS) is 16.0. The van der Waals surface area contributed by atoms with Gasteiger partial charge in [-0.25, -0.2) is 9.59 Å². The van der Waals surface area contributed by atoms with E-state index in [0.717, 1.165) is 36.0 Å². The fourth-order valence-electron chi connectivity index (χ4n) is 4.26. The van der Waals surface area contributed by atoms with Crippen LogP contribution in [-0.2, 0) is 12.8 Å². The van der Waals surface area contributed by atoms with Gasteiger partial charge in [-0.3, -0.25) is 0 Å². The number of carboxylic acid groups (broad SMARTS) is 2. The number of hydrogen-bond acceptors (Lipinski definition) is 2. The summed E-state index contributed by atoms with van der Waals surface area (Å²) >= 11 is 0. The first-order chi connectivity index (χ1) is 14.5. The van der Waals surface area contributed by atoms with Gasteiger partial charge in [0.15, 0.2) is 0 Å². The highest BCUT2D eigenvalue weighted by Crippen LogP contribution is 2.37. The summed E-state index contributed by atoms with van der Waals surface area (Å²) in [5, 5.41) is 17.7. The van der Waals surface area contributed by atoms with Gasteiger partial charge in [-0.15, -0.1) is 0 Å². The Labute approximate surface area is 175 Å². The van der Waals surface area contributed by atoms with Gasteiger partial charge in [-0.05, 0) is 96.2 Å². The molecule has 0 spiro atoms. The predicted molar refractivity (Wildman–Crippen MR) is 118 cm³/mol. The number of hydrogen-bond donors (Lipinski definition) is 2. The number of fused-ring (bicyclic) bond motifs is 2. The minimum absolute atomic E-state index is 0.373. The van der Waals surface area contributed by atoms with Gasteiger partial charge in [0.1, 0.15) is 0 Å². The molecule has 0 heterocycles. The summed E-state index contributed by atoms with van der Waals surface area (Å²) < 4.78 is 0. The summed E-state index contributed by atoms with van der Waals surface area (Å²) in [5.74, 6) is -1.70. The molecule has 0 radical (unpaired) electrons. The SMILES string of the molecule is O=C(O)c1ccc2c(c1)CC=C2.O=C(O)c1ccc2c(c1)CC=C2C1=CCCCC1. The Hall–Kier alpha value is -3.40. The van der Waals surface area contributed by atoms with E-state index < -0.39 is 11.9 Å². The number of allylic oxidation sites excluding steroid dienone is 5. The average Bonchev–Trinajstić information content (AvgIpc) is 3.40. The maximum absolute atomic E-state index is 11.0. The predicted octanol–water partition coefficient (Wildman–Crippen LogP) is 5.78. The lowest BCUT2D eigenvalue weighted by molar-refractivity contribution is 0.0686. The highest BCUT2D eigenvalue weighted by molar-refractivity contribution is 5.91. The van der Waals surface area contributed by atoms with Crippen molar-refractivity contribution in [3.8, 4) is 0 Å². The Morgan fingerprint density at radius 3 is 2.23 bits per heavy atom. The molecule has 0 aromatic heterocycles. The van der Waals surface area contributed by atoms with Gasteiger partial charge in [0, 0.05) is 0 Å². The third-order valence-electron chi connectivity index (χ3n) is 5.83. The van der Waals surface area contributed by atoms with Crippen LogP contribution in [0.4, 0.5) is 0 Å². The Balaban J connectivity index is 0.000000158. The van der Waals surface area contributed by atoms with Crippen LogP contribution in [0, 0.1) is 0 Å². The lowest BCUT2D eigenvalue weighted by atomic mass is 9.90. The molecule has 2 N–H and O–H groups in total. The minimum atomic E-state index is -0.857. The second-order valence-electron chi connectivity index (χ2n) is 7.80. The number of carboxylic acids is 2. The molecule has 4 nitrogen and oxygen atoms in total. The molecule has 30 heavy (non-hydrogen) atoms. The van der Waals surface area contributed by atoms with E-state index in [1.807, 2.05) is 30.4 Å². The standard InChI is InChI=1S/C16H16O2.C10H8O2/c17-16(18)13-7-9-15-12(10-13)6-8-14(15)11-4-2-1-3-5-11;11-10(12)9-5-4-7-2-1-3-8(7)6-9/h4,7-10H,1-3,5-6H2,(H,17,18);1-2,4-6H,3H2,(H,11,12). The van der Waals surface area contributed by atoms with E-state index in [0.29, 0.717) is 11.1 Å². The van der Waals surface area contributed by atoms with Crippen LogP contribution in [0.3, 0.4) is 0 Å². The first-order valence-corrected chi connectivity index (χ1v) is 10.3. The van der Waals surface area contributed by atoms with Crippen molar-refractivity contribution < 1.29 is 19.8 Å². The molecule has 5 rings (SSSR count). The van der Waals surface area contributed by atoms with E-state index in [4.69, 9.17) is 10.2 Å². The number of aromatic carboxylic acids is 2. The zero-order valence-electron chi connectivity index (χ0n) is 16.7. The van der Waals surface area contributed by atoms with E-state index in [-0.39, 0.29) is 0 Å². The smallest absolute Gasteiger partial charge is 0.335 e. The molecule has 0 saturated carbocycles. The summed E-state index contributed by atoms with van der Waals surface area (Å²) in [6, 6.07) is 10.7. The highest BCUT2D eigenvalue weighted by atomic mass is 16.4. The number of carbonyl (C=O) groups is 2. The zero-order chi connectivity index (χ0) is 21.1. The molecule has 2 aromatic carbocycles. The van der Waals surface area contributed by atoms with Crippen LogP contribution in [0.5, 0.6) is 0 Å². The molecular formula is C26H24O4. The average molecular weight is 400 g/mol. The number of rotatable bonds is 3. The Morgan fingerprint density at radius 1 is 0.800 bits per heavy atom. The van der Waals surface area contributed by atoms with Crippen LogP contribution in [0.25, 0.3) is 11.6 Å². The van der Waals surface area contributed by atoms with E-state index in [1.165, 1.54) is 36.0 Å². The summed E-state index contributed by atoms with van der Waals surface area (Å²) in [6.07, 6.45) is 15.3. The summed E-state index contributed by atoms with van der Waals surface area (Å²) in [4.78, 5) is 21.5. The minimum Gasteiger partial charge on any atom is -0.478 e. The molecule has 0 saturated heterocycles. The van der Waals surface area contributed by atoms with Crippen LogP contribution < -0.4 is 0 Å². The maximum atomic E-state index is 11.0. The van der Waals surface area contributed by atoms with E-state index in [9.17, 15) is 9.59 Å². The molecule has 3 aliphatic carbocycles. The second-order valence-corrected chi connectivity index (χ2v) is 7.80. The molecule has 152 valence electrons. The largest absolute Gasteiger partial charge is 0.478 e. The van der Waals surface area contributed by atoms with Crippen LogP contribution in [0.1, 0.15) is 68.7 Å². The second kappa shape index (κ2) is 8.54. The van der Waals surface area contributed by atoms with Gasteiger partial charge in [-0.1, -0.05) is 36.4 Å². The molecule has 0 bridgehead atoms. The Bertz CT molecular complexity index is 1100. The van der Waals surface area contributed by atoms with E-state index in [2.05, 4.69) is 12.2 Å². The molecule has 2 aromatic rings. The third kappa shape index (κ3) is 4.13. The van der Waals surface area contributed by atoms with Crippen molar-refractivity contribution in [2.45, 2.75) is 38.5 Å². The molecule has 3 aliphatic rings. The fourth-order valence-corrected chi connectivity index (χ4v) is 4.26. The van der Waals surface area contributed by atoms with Gasteiger partial charge in [0.25, 0.3) is 0 Å². The van der Waals surface area contributed by atoms with Crippen molar-refractivity contribution in [1.82, 2.24) is 0 Å². The highest BCUT2D eigenvalue weighted by Gasteiger charge is 2.19. The summed E-state index contributed by atoms with van der Waals surface area (Å²) in [7, 11) is 0. The first kappa shape index (κ1) is 19.9. The van der Waals surface area contributed by atoms with Gasteiger partial charge in [0.2, 0.25) is 0 Å². The van der Waals surface area contributed by atoms with Crippen molar-refractivity contribution in [2.24, 2.45) is 0 Å². The van der Waals surface area contributed by atoms with Crippen LogP contribution >= 0.6 is 0 Å². The lowest BCUT2D eigenvalue weighted by Gasteiger charge is -2.15. The quantitative estimate of drug-likeness (QED) is 0.685. The van der Waals surface area contributed by atoms with Crippen molar-refractivity contribution >= 4 is 23.6 Å². The van der Waals surface area contributed by atoms with Gasteiger partial charge in [-0.2, -0.15) is 0 Å². The van der Waals surface area contributed by atoms with Crippen molar-refractivity contribution in [2.75, 3.05) is 0 Å². The summed E-state index contributed by atoms with van der Waals surface area (Å²) in [6.45, 7) is 0. The topological polar surface area (TPSA) is 74.6 Å². The van der Waals surface area contributed by atoms with Crippen LogP contribution in [-0.4, -0.2) is 22.2 Å². The first-order valence-electron chi connectivity index (χ1n) is 10.3. The van der Waals surface area contributed by atoms with Gasteiger partial charge in [0.05, 0.1) is 11.1 Å². The Kier molecular flexibility index (Phi) is 5.66. The van der Waals surface area contributed by atoms with Crippen molar-refractivity contribution in [3.05, 3.63) is 93.6 Å². The van der Waals surface area contributed by atoms with Crippen LogP contribution in [0.2, 0.25) is 0 Å². The molecule has 0 amide bonds. The Morgan fingerprint density at radius 2 is 1.53 bits per heavy atom. The molecule has 0 aliphatic heterocycles. The third-order valence-corrected chi connectivity index (χ3v) is 5.83. The van der Waals surface area contributed by atoms with E-state index in [1.54, 1.807) is 18.2 Å². The molecule has 0 fully saturated rings. The lowest BCUT2D eigenvalue weighted by Crippen LogP contribution is -1.99. The maximum Gasteiger partial charge on any atom is 0.335 e. The zero-order valence-corrected chi connectivity index (χ0v) is 16.7. The van der Waals surface area contributed by atoms with E-state index >= 15 is 0 Å². The summed E-state index contributed by atoms with van der Waals surface area (Å²) in [5.41, 5.74) is 8.17. The van der Waals surface area contributed by atoms with Crippen molar-refractivity contribution in [3.63, 3.8) is 0 Å². The molecule has 0 unspecified atom stereocenters. The molecule has 0 atom stereocenters.